The van der Waals surface area contributed by atoms with Crippen LogP contribution in [0.1, 0.15) is 20.8 Å². The molecule has 0 saturated heterocycles. The van der Waals surface area contributed by atoms with Crippen LogP contribution in [0.25, 0.3) is 0 Å². The molecular formula is C12H21N3O. The summed E-state index contributed by atoms with van der Waals surface area (Å²) in [4.78, 5) is 4.43. The minimum Gasteiger partial charge on any atom is -0.380 e. The number of aromatic nitrogens is 1. The molecule has 0 bridgehead atoms. The van der Waals surface area contributed by atoms with E-state index in [4.69, 9.17) is 4.74 Å². The second kappa shape index (κ2) is 7.06. The van der Waals surface area contributed by atoms with Crippen LogP contribution in [0.4, 0.5) is 11.6 Å². The first kappa shape index (κ1) is 12.8. The van der Waals surface area contributed by atoms with E-state index in [9.17, 15) is 0 Å². The van der Waals surface area contributed by atoms with Gasteiger partial charge in [0.1, 0.15) is 11.6 Å². The molecule has 0 aromatic carbocycles. The number of ether oxygens (including phenoxy) is 1. The Labute approximate surface area is 97.4 Å². The monoisotopic (exact) mass is 223 g/mol. The molecular weight excluding hydrogens is 202 g/mol. The zero-order valence-electron chi connectivity index (χ0n) is 10.3. The van der Waals surface area contributed by atoms with Gasteiger partial charge in [0, 0.05) is 19.2 Å². The van der Waals surface area contributed by atoms with Gasteiger partial charge in [-0.1, -0.05) is 6.07 Å². The average Bonchev–Trinajstić information content (AvgIpc) is 2.27. The molecule has 16 heavy (non-hydrogen) atoms. The van der Waals surface area contributed by atoms with Gasteiger partial charge in [-0.2, -0.15) is 0 Å². The lowest BCUT2D eigenvalue weighted by atomic mass is 10.3. The minimum atomic E-state index is 0.268. The summed E-state index contributed by atoms with van der Waals surface area (Å²) < 4.78 is 5.34. The predicted octanol–water partition coefficient (Wildman–Crippen LogP) is 2.35. The Bertz CT molecular complexity index is 304. The number of hydrogen-bond acceptors (Lipinski definition) is 4. The van der Waals surface area contributed by atoms with Crippen molar-refractivity contribution in [2.75, 3.05) is 30.4 Å². The van der Waals surface area contributed by atoms with Crippen molar-refractivity contribution >= 4 is 11.6 Å². The maximum atomic E-state index is 5.34. The summed E-state index contributed by atoms with van der Waals surface area (Å²) in [5, 5.41) is 6.48. The molecule has 1 atom stereocenters. The standard InChI is InChI=1S/C12H21N3O/c1-4-13-11-7-6-8-12(15-11)14-10(3)9-16-5-2/h6-8,10H,4-5,9H2,1-3H3,(H2,13,14,15). The summed E-state index contributed by atoms with van der Waals surface area (Å²) >= 11 is 0. The molecule has 90 valence electrons. The molecule has 0 aliphatic carbocycles. The lowest BCUT2D eigenvalue weighted by molar-refractivity contribution is 0.141. The number of nitrogens with zero attached hydrogens (tertiary/aromatic N) is 1. The minimum absolute atomic E-state index is 0.268. The molecule has 0 amide bonds. The van der Waals surface area contributed by atoms with Crippen molar-refractivity contribution in [3.63, 3.8) is 0 Å². The SMILES string of the molecule is CCNc1cccc(NC(C)COCC)n1. The molecule has 0 fully saturated rings. The van der Waals surface area contributed by atoms with E-state index in [1.165, 1.54) is 0 Å². The normalized spacial score (nSPS) is 12.2. The lowest BCUT2D eigenvalue weighted by Crippen LogP contribution is -2.22. The molecule has 0 saturated carbocycles. The van der Waals surface area contributed by atoms with Crippen LogP contribution in [0, 0.1) is 0 Å². The van der Waals surface area contributed by atoms with Crippen molar-refractivity contribution in [3.05, 3.63) is 18.2 Å². The van der Waals surface area contributed by atoms with E-state index in [0.29, 0.717) is 6.61 Å². The first-order valence-corrected chi connectivity index (χ1v) is 5.81. The summed E-state index contributed by atoms with van der Waals surface area (Å²) in [5.74, 6) is 1.78. The number of rotatable bonds is 7. The van der Waals surface area contributed by atoms with Crippen molar-refractivity contribution in [1.29, 1.82) is 0 Å². The molecule has 1 aromatic heterocycles. The molecule has 0 radical (unpaired) electrons. The van der Waals surface area contributed by atoms with Crippen LogP contribution in [0.2, 0.25) is 0 Å². The molecule has 1 aromatic rings. The van der Waals surface area contributed by atoms with Crippen LogP contribution >= 0.6 is 0 Å². The van der Waals surface area contributed by atoms with Crippen LogP contribution < -0.4 is 10.6 Å². The molecule has 4 nitrogen and oxygen atoms in total. The second-order valence-electron chi connectivity index (χ2n) is 3.64. The van der Waals surface area contributed by atoms with Crippen molar-refractivity contribution in [2.24, 2.45) is 0 Å². The van der Waals surface area contributed by atoms with Gasteiger partial charge >= 0.3 is 0 Å². The largest absolute Gasteiger partial charge is 0.380 e. The third-order valence-electron chi connectivity index (χ3n) is 2.07. The number of pyridine rings is 1. The van der Waals surface area contributed by atoms with Gasteiger partial charge in [-0.25, -0.2) is 4.98 Å². The van der Waals surface area contributed by atoms with Gasteiger partial charge in [0.15, 0.2) is 0 Å². The smallest absolute Gasteiger partial charge is 0.128 e. The van der Waals surface area contributed by atoms with Crippen molar-refractivity contribution in [3.8, 4) is 0 Å². The molecule has 0 aliphatic rings. The molecule has 1 heterocycles. The van der Waals surface area contributed by atoms with Crippen LogP contribution in [0.5, 0.6) is 0 Å². The van der Waals surface area contributed by atoms with Gasteiger partial charge in [0.25, 0.3) is 0 Å². The summed E-state index contributed by atoms with van der Waals surface area (Å²) in [7, 11) is 0. The first-order chi connectivity index (χ1) is 7.76. The quantitative estimate of drug-likeness (QED) is 0.745. The van der Waals surface area contributed by atoms with Crippen LogP contribution in [-0.4, -0.2) is 30.8 Å². The fourth-order valence-corrected chi connectivity index (χ4v) is 1.38. The fourth-order valence-electron chi connectivity index (χ4n) is 1.38. The molecule has 0 spiro atoms. The molecule has 0 aliphatic heterocycles. The zero-order chi connectivity index (χ0) is 11.8. The zero-order valence-corrected chi connectivity index (χ0v) is 10.3. The Morgan fingerprint density at radius 2 is 2.06 bits per heavy atom. The van der Waals surface area contributed by atoms with Gasteiger partial charge in [0.2, 0.25) is 0 Å². The predicted molar refractivity (Wildman–Crippen MR) is 68.0 cm³/mol. The third-order valence-corrected chi connectivity index (χ3v) is 2.07. The van der Waals surface area contributed by atoms with Crippen LogP contribution in [0.3, 0.4) is 0 Å². The van der Waals surface area contributed by atoms with Crippen molar-refractivity contribution in [2.45, 2.75) is 26.8 Å². The fraction of sp³-hybridized carbons (Fsp3) is 0.583. The van der Waals surface area contributed by atoms with E-state index < -0.39 is 0 Å². The van der Waals surface area contributed by atoms with E-state index >= 15 is 0 Å². The Hall–Kier alpha value is -1.29. The van der Waals surface area contributed by atoms with Crippen molar-refractivity contribution < 1.29 is 4.74 Å². The topological polar surface area (TPSA) is 46.2 Å². The maximum Gasteiger partial charge on any atom is 0.128 e. The molecule has 1 rings (SSSR count). The summed E-state index contributed by atoms with van der Waals surface area (Å²) in [6.07, 6.45) is 0. The van der Waals surface area contributed by atoms with E-state index in [-0.39, 0.29) is 6.04 Å². The van der Waals surface area contributed by atoms with Crippen LogP contribution in [-0.2, 0) is 4.74 Å². The van der Waals surface area contributed by atoms with Gasteiger partial charge < -0.3 is 15.4 Å². The maximum absolute atomic E-state index is 5.34. The lowest BCUT2D eigenvalue weighted by Gasteiger charge is -2.14. The Morgan fingerprint density at radius 3 is 2.75 bits per heavy atom. The van der Waals surface area contributed by atoms with Gasteiger partial charge in [-0.05, 0) is 32.9 Å². The van der Waals surface area contributed by atoms with E-state index in [2.05, 4.69) is 29.5 Å². The highest BCUT2D eigenvalue weighted by molar-refractivity contribution is 5.45. The Balaban J connectivity index is 2.49. The Kier molecular flexibility index (Phi) is 5.64. The number of anilines is 2. The highest BCUT2D eigenvalue weighted by atomic mass is 16.5. The number of nitrogens with one attached hydrogen (secondary N) is 2. The third kappa shape index (κ3) is 4.49. The first-order valence-electron chi connectivity index (χ1n) is 5.81. The molecule has 4 heteroatoms. The van der Waals surface area contributed by atoms with Gasteiger partial charge in [-0.3, -0.25) is 0 Å². The second-order valence-corrected chi connectivity index (χ2v) is 3.64. The van der Waals surface area contributed by atoms with E-state index in [1.807, 2.05) is 25.1 Å². The Morgan fingerprint density at radius 1 is 1.31 bits per heavy atom. The summed E-state index contributed by atoms with van der Waals surface area (Å²) in [6, 6.07) is 6.18. The highest BCUT2D eigenvalue weighted by Crippen LogP contribution is 2.09. The van der Waals surface area contributed by atoms with Crippen LogP contribution in [0.15, 0.2) is 18.2 Å². The van der Waals surface area contributed by atoms with Crippen molar-refractivity contribution in [1.82, 2.24) is 4.98 Å². The average molecular weight is 223 g/mol. The van der Waals surface area contributed by atoms with E-state index in [0.717, 1.165) is 24.8 Å². The molecule has 2 N–H and O–H groups in total. The van der Waals surface area contributed by atoms with Gasteiger partial charge in [0.05, 0.1) is 6.61 Å². The van der Waals surface area contributed by atoms with Gasteiger partial charge in [-0.15, -0.1) is 0 Å². The van der Waals surface area contributed by atoms with E-state index in [1.54, 1.807) is 0 Å². The summed E-state index contributed by atoms with van der Waals surface area (Å²) in [5.41, 5.74) is 0. The highest BCUT2D eigenvalue weighted by Gasteiger charge is 2.02. The molecule has 1 unspecified atom stereocenters. The summed E-state index contributed by atoms with van der Waals surface area (Å²) in [6.45, 7) is 8.46. The number of hydrogen-bond donors (Lipinski definition) is 2.